The second kappa shape index (κ2) is 11.4. The van der Waals surface area contributed by atoms with Gasteiger partial charge in [0, 0.05) is 13.1 Å². The number of rotatable bonds is 4. The largest absolute Gasteiger partial charge is 0.459 e. The Morgan fingerprint density at radius 1 is 0.838 bits per heavy atom. The molecule has 206 valence electrons. The molecule has 1 aromatic carbocycles. The first-order valence-corrected chi connectivity index (χ1v) is 14.4. The van der Waals surface area contributed by atoms with Gasteiger partial charge in [0.05, 0.1) is 0 Å². The first-order chi connectivity index (χ1) is 17.4. The minimum absolute atomic E-state index is 0.0298. The standard InChI is InChI=1S/C19H27NO2.C12H21NO2/c1-19(2,3)22-18(21)17-16-11-7-10-15(16)13-20(17)12-14-8-5-4-6-9-14;1-12(2,3)15-11(14)10-9-6-4-5-8(9)7-13-10/h4-6,8-9,15-17H,7,10-13H2,1-3H3;8-10,13H,4-7H2,1-3H3/t15-,16-,17-;8-,9-,10-/m00/s1. The van der Waals surface area contributed by atoms with Gasteiger partial charge in [-0.1, -0.05) is 43.2 Å². The molecule has 0 amide bonds. The number of likely N-dealkylation sites (tertiary alicyclic amines) is 1. The van der Waals surface area contributed by atoms with Crippen LogP contribution in [0.2, 0.25) is 0 Å². The molecule has 6 heteroatoms. The molecule has 6 atom stereocenters. The molecule has 2 saturated carbocycles. The molecule has 0 unspecified atom stereocenters. The highest BCUT2D eigenvalue weighted by molar-refractivity contribution is 5.77. The smallest absolute Gasteiger partial charge is 0.324 e. The van der Waals surface area contributed by atoms with E-state index in [4.69, 9.17) is 9.47 Å². The van der Waals surface area contributed by atoms with Crippen molar-refractivity contribution in [1.29, 1.82) is 0 Å². The molecule has 0 aromatic heterocycles. The van der Waals surface area contributed by atoms with Gasteiger partial charge >= 0.3 is 11.9 Å². The van der Waals surface area contributed by atoms with Crippen LogP contribution in [0.1, 0.15) is 85.6 Å². The number of esters is 2. The van der Waals surface area contributed by atoms with Crippen LogP contribution in [0.5, 0.6) is 0 Å². The molecule has 2 saturated heterocycles. The second-order valence-corrected chi connectivity index (χ2v) is 13.5. The van der Waals surface area contributed by atoms with E-state index in [1.807, 2.05) is 47.6 Å². The van der Waals surface area contributed by atoms with Gasteiger partial charge in [-0.2, -0.15) is 0 Å². The topological polar surface area (TPSA) is 67.9 Å². The van der Waals surface area contributed by atoms with Crippen molar-refractivity contribution in [2.75, 3.05) is 13.1 Å². The van der Waals surface area contributed by atoms with E-state index in [-0.39, 0.29) is 29.6 Å². The zero-order valence-electron chi connectivity index (χ0n) is 23.8. The van der Waals surface area contributed by atoms with E-state index in [0.29, 0.717) is 23.7 Å². The van der Waals surface area contributed by atoms with Crippen LogP contribution < -0.4 is 5.32 Å². The van der Waals surface area contributed by atoms with Crippen LogP contribution in [0, 0.1) is 23.7 Å². The van der Waals surface area contributed by atoms with Crippen molar-refractivity contribution < 1.29 is 19.1 Å². The summed E-state index contributed by atoms with van der Waals surface area (Å²) in [6.45, 7) is 14.5. The van der Waals surface area contributed by atoms with Crippen molar-refractivity contribution >= 4 is 11.9 Å². The monoisotopic (exact) mass is 512 g/mol. The van der Waals surface area contributed by atoms with Gasteiger partial charge in [0.15, 0.2) is 0 Å². The lowest BCUT2D eigenvalue weighted by Crippen LogP contribution is -2.43. The summed E-state index contributed by atoms with van der Waals surface area (Å²) >= 11 is 0. The number of fused-ring (bicyclic) bond motifs is 2. The number of hydrogen-bond acceptors (Lipinski definition) is 6. The summed E-state index contributed by atoms with van der Waals surface area (Å²) in [5.74, 6) is 2.30. The molecule has 2 aliphatic heterocycles. The van der Waals surface area contributed by atoms with Crippen LogP contribution >= 0.6 is 0 Å². The van der Waals surface area contributed by atoms with Crippen LogP contribution in [0.25, 0.3) is 0 Å². The van der Waals surface area contributed by atoms with Crippen molar-refractivity contribution in [3.05, 3.63) is 35.9 Å². The van der Waals surface area contributed by atoms with Gasteiger partial charge in [-0.15, -0.1) is 0 Å². The normalized spacial score (nSPS) is 31.3. The maximum Gasteiger partial charge on any atom is 0.324 e. The Balaban J connectivity index is 0.000000186. The third kappa shape index (κ3) is 7.35. The third-order valence-electron chi connectivity index (χ3n) is 8.27. The summed E-state index contributed by atoms with van der Waals surface area (Å²) in [7, 11) is 0. The van der Waals surface area contributed by atoms with Crippen molar-refractivity contribution in [3.63, 3.8) is 0 Å². The van der Waals surface area contributed by atoms with E-state index in [1.165, 1.54) is 44.1 Å². The highest BCUT2D eigenvalue weighted by Crippen LogP contribution is 2.43. The molecule has 1 N–H and O–H groups in total. The number of nitrogens with zero attached hydrogens (tertiary/aromatic N) is 1. The Morgan fingerprint density at radius 3 is 2.08 bits per heavy atom. The average Bonchev–Trinajstić information content (AvgIpc) is 3.53. The summed E-state index contributed by atoms with van der Waals surface area (Å²) in [5.41, 5.74) is 0.498. The van der Waals surface area contributed by atoms with Crippen LogP contribution in [-0.4, -0.2) is 53.2 Å². The van der Waals surface area contributed by atoms with Gasteiger partial charge in [0.1, 0.15) is 23.3 Å². The molecular formula is C31H48N2O4. The fourth-order valence-corrected chi connectivity index (χ4v) is 6.87. The number of ether oxygens (including phenoxy) is 2. The lowest BCUT2D eigenvalue weighted by atomic mass is 9.94. The SMILES string of the molecule is CC(C)(C)OC(=O)[C@@H]1[C@H]2CCC[C@H]2CN1Cc1ccccc1.CC(C)(C)OC(=O)[C@H]1NC[C@@H]2CCC[C@@H]21. The summed E-state index contributed by atoms with van der Waals surface area (Å²) in [6.07, 6.45) is 7.41. The summed E-state index contributed by atoms with van der Waals surface area (Å²) in [5, 5.41) is 3.31. The molecule has 6 nitrogen and oxygen atoms in total. The number of nitrogens with one attached hydrogen (secondary N) is 1. The fraction of sp³-hybridized carbons (Fsp3) is 0.742. The average molecular weight is 513 g/mol. The Kier molecular flexibility index (Phi) is 8.69. The first-order valence-electron chi connectivity index (χ1n) is 14.4. The lowest BCUT2D eigenvalue weighted by molar-refractivity contribution is -0.162. The molecule has 4 aliphatic rings. The van der Waals surface area contributed by atoms with Crippen molar-refractivity contribution in [2.45, 2.75) is 110 Å². The predicted molar refractivity (Wildman–Crippen MR) is 146 cm³/mol. The van der Waals surface area contributed by atoms with E-state index >= 15 is 0 Å². The van der Waals surface area contributed by atoms with Crippen LogP contribution in [-0.2, 0) is 25.6 Å². The fourth-order valence-electron chi connectivity index (χ4n) is 6.87. The van der Waals surface area contributed by atoms with Gasteiger partial charge in [-0.05, 0) is 103 Å². The van der Waals surface area contributed by atoms with Gasteiger partial charge in [-0.25, -0.2) is 0 Å². The quantitative estimate of drug-likeness (QED) is 0.549. The maximum absolute atomic E-state index is 12.7. The summed E-state index contributed by atoms with van der Waals surface area (Å²) < 4.78 is 11.1. The summed E-state index contributed by atoms with van der Waals surface area (Å²) in [4.78, 5) is 27.0. The molecule has 0 bridgehead atoms. The predicted octanol–water partition coefficient (Wildman–Crippen LogP) is 5.35. The number of carbonyl (C=O) groups is 2. The first kappa shape index (κ1) is 28.1. The number of benzene rings is 1. The van der Waals surface area contributed by atoms with Crippen molar-refractivity contribution in [2.24, 2.45) is 23.7 Å². The Hall–Kier alpha value is -1.92. The third-order valence-corrected chi connectivity index (χ3v) is 8.27. The van der Waals surface area contributed by atoms with E-state index in [1.54, 1.807) is 0 Å². The zero-order valence-corrected chi connectivity index (χ0v) is 23.8. The van der Waals surface area contributed by atoms with E-state index in [0.717, 1.165) is 19.6 Å². The Morgan fingerprint density at radius 2 is 1.43 bits per heavy atom. The minimum atomic E-state index is -0.411. The van der Waals surface area contributed by atoms with Crippen molar-refractivity contribution in [3.8, 4) is 0 Å². The minimum Gasteiger partial charge on any atom is -0.459 e. The maximum atomic E-state index is 12.7. The molecule has 2 aliphatic carbocycles. The van der Waals surface area contributed by atoms with Gasteiger partial charge in [0.2, 0.25) is 0 Å². The van der Waals surface area contributed by atoms with Gasteiger partial charge in [-0.3, -0.25) is 14.5 Å². The second-order valence-electron chi connectivity index (χ2n) is 13.5. The number of hydrogen-bond donors (Lipinski definition) is 1. The molecule has 37 heavy (non-hydrogen) atoms. The van der Waals surface area contributed by atoms with Crippen LogP contribution in [0.15, 0.2) is 30.3 Å². The lowest BCUT2D eigenvalue weighted by Gasteiger charge is -2.29. The highest BCUT2D eigenvalue weighted by atomic mass is 16.6. The number of carbonyl (C=O) groups excluding carboxylic acids is 2. The zero-order chi connectivity index (χ0) is 26.8. The Labute approximate surface area is 223 Å². The highest BCUT2D eigenvalue weighted by Gasteiger charge is 2.49. The van der Waals surface area contributed by atoms with Gasteiger partial charge < -0.3 is 14.8 Å². The molecule has 4 fully saturated rings. The molecule has 0 spiro atoms. The molecule has 5 rings (SSSR count). The van der Waals surface area contributed by atoms with Crippen molar-refractivity contribution in [1.82, 2.24) is 10.2 Å². The summed E-state index contributed by atoms with van der Waals surface area (Å²) in [6, 6.07) is 10.3. The van der Waals surface area contributed by atoms with Crippen LogP contribution in [0.3, 0.4) is 0 Å². The van der Waals surface area contributed by atoms with Gasteiger partial charge in [0.25, 0.3) is 0 Å². The molecule has 2 heterocycles. The Bertz CT molecular complexity index is 919. The van der Waals surface area contributed by atoms with E-state index in [9.17, 15) is 9.59 Å². The molecule has 0 radical (unpaired) electrons. The van der Waals surface area contributed by atoms with E-state index < -0.39 is 5.60 Å². The molecule has 1 aromatic rings. The molecular weight excluding hydrogens is 464 g/mol. The van der Waals surface area contributed by atoms with E-state index in [2.05, 4.69) is 34.5 Å². The van der Waals surface area contributed by atoms with Crippen LogP contribution in [0.4, 0.5) is 0 Å².